The van der Waals surface area contributed by atoms with Crippen LogP contribution < -0.4 is 5.73 Å². The molecule has 0 aromatic heterocycles. The summed E-state index contributed by atoms with van der Waals surface area (Å²) >= 11 is 0. The summed E-state index contributed by atoms with van der Waals surface area (Å²) < 4.78 is 13.2. The highest BCUT2D eigenvalue weighted by Gasteiger charge is 2.21. The first-order valence-corrected chi connectivity index (χ1v) is 6.04. The second-order valence-electron chi connectivity index (χ2n) is 4.46. The van der Waals surface area contributed by atoms with Gasteiger partial charge in [-0.05, 0) is 11.6 Å². The zero-order valence-corrected chi connectivity index (χ0v) is 10.3. The molecule has 0 unspecified atom stereocenters. The highest BCUT2D eigenvalue weighted by Crippen LogP contribution is 2.28. The third-order valence-electron chi connectivity index (χ3n) is 3.08. The molecule has 0 aliphatic rings. The first-order chi connectivity index (χ1) is 9.09. The van der Waals surface area contributed by atoms with Crippen molar-refractivity contribution in [2.45, 2.75) is 18.6 Å². The maximum Gasteiger partial charge on any atom is 0.165 e. The van der Waals surface area contributed by atoms with Crippen molar-refractivity contribution in [3.63, 3.8) is 0 Å². The Morgan fingerprint density at radius 1 is 1.05 bits per heavy atom. The number of hydrogen-bond acceptors (Lipinski definition) is 3. The van der Waals surface area contributed by atoms with E-state index in [4.69, 9.17) is 5.73 Å². The summed E-state index contributed by atoms with van der Waals surface area (Å²) in [7, 11) is 0. The van der Waals surface area contributed by atoms with Crippen LogP contribution in [0.25, 0.3) is 0 Å². The van der Waals surface area contributed by atoms with Crippen molar-refractivity contribution in [2.75, 3.05) is 0 Å². The Bertz CT molecular complexity index is 545. The number of phenolic OH excluding ortho intramolecular Hbond substituents is 1. The lowest BCUT2D eigenvalue weighted by molar-refractivity contribution is 0.143. The molecule has 2 aromatic rings. The summed E-state index contributed by atoms with van der Waals surface area (Å²) in [5, 5.41) is 19.7. The van der Waals surface area contributed by atoms with Crippen molar-refractivity contribution < 1.29 is 14.6 Å². The summed E-state index contributed by atoms with van der Waals surface area (Å²) in [5.41, 5.74) is 7.02. The van der Waals surface area contributed by atoms with Gasteiger partial charge in [-0.1, -0.05) is 42.5 Å². The van der Waals surface area contributed by atoms with E-state index in [0.29, 0.717) is 6.42 Å². The Balaban J connectivity index is 2.15. The summed E-state index contributed by atoms with van der Waals surface area (Å²) in [6, 6.07) is 12.7. The normalized spacial score (nSPS) is 14.1. The van der Waals surface area contributed by atoms with Crippen LogP contribution in [0.4, 0.5) is 4.39 Å². The largest absolute Gasteiger partial charge is 0.505 e. The number of aliphatic hydroxyl groups is 1. The van der Waals surface area contributed by atoms with E-state index in [0.717, 1.165) is 11.6 Å². The Labute approximate surface area is 111 Å². The highest BCUT2D eigenvalue weighted by atomic mass is 19.1. The molecule has 0 saturated heterocycles. The molecule has 19 heavy (non-hydrogen) atoms. The Hall–Kier alpha value is -1.91. The second-order valence-corrected chi connectivity index (χ2v) is 4.46. The van der Waals surface area contributed by atoms with Crippen LogP contribution in [0.3, 0.4) is 0 Å². The first-order valence-electron chi connectivity index (χ1n) is 6.04. The molecule has 100 valence electrons. The lowest BCUT2D eigenvalue weighted by Crippen LogP contribution is -2.28. The predicted molar refractivity (Wildman–Crippen MR) is 71.1 cm³/mol. The van der Waals surface area contributed by atoms with Crippen LogP contribution in [0, 0.1) is 5.82 Å². The van der Waals surface area contributed by atoms with E-state index in [1.54, 1.807) is 0 Å². The lowest BCUT2D eigenvalue weighted by atomic mass is 9.96. The van der Waals surface area contributed by atoms with Crippen molar-refractivity contribution in [3.8, 4) is 5.75 Å². The van der Waals surface area contributed by atoms with Gasteiger partial charge in [0.2, 0.25) is 0 Å². The van der Waals surface area contributed by atoms with E-state index in [-0.39, 0.29) is 5.56 Å². The molecule has 0 spiro atoms. The quantitative estimate of drug-likeness (QED) is 0.790. The Morgan fingerprint density at radius 2 is 1.74 bits per heavy atom. The van der Waals surface area contributed by atoms with Crippen LogP contribution in [0.2, 0.25) is 0 Å². The molecule has 0 heterocycles. The van der Waals surface area contributed by atoms with Crippen molar-refractivity contribution >= 4 is 0 Å². The van der Waals surface area contributed by atoms with Gasteiger partial charge in [-0.2, -0.15) is 0 Å². The fourth-order valence-corrected chi connectivity index (χ4v) is 1.99. The van der Waals surface area contributed by atoms with Crippen LogP contribution in [0.1, 0.15) is 17.2 Å². The second kappa shape index (κ2) is 5.82. The van der Waals surface area contributed by atoms with Gasteiger partial charge in [0.25, 0.3) is 0 Å². The Morgan fingerprint density at radius 3 is 2.42 bits per heavy atom. The number of aliphatic hydroxyl groups excluding tert-OH is 1. The van der Waals surface area contributed by atoms with Crippen LogP contribution >= 0.6 is 0 Å². The Kier molecular flexibility index (Phi) is 4.14. The van der Waals surface area contributed by atoms with Crippen LogP contribution in [0.5, 0.6) is 5.75 Å². The molecule has 0 aliphatic heterocycles. The van der Waals surface area contributed by atoms with Crippen LogP contribution in [-0.4, -0.2) is 16.3 Å². The molecule has 4 N–H and O–H groups in total. The van der Waals surface area contributed by atoms with Gasteiger partial charge in [0.05, 0.1) is 12.1 Å². The maximum atomic E-state index is 13.2. The van der Waals surface area contributed by atoms with Gasteiger partial charge in [-0.3, -0.25) is 0 Å². The van der Waals surface area contributed by atoms with Gasteiger partial charge in [0.15, 0.2) is 11.6 Å². The average molecular weight is 261 g/mol. The molecule has 2 aromatic carbocycles. The smallest absolute Gasteiger partial charge is 0.165 e. The number of phenols is 1. The van der Waals surface area contributed by atoms with E-state index in [2.05, 4.69) is 0 Å². The first kappa shape index (κ1) is 13.5. The molecule has 0 radical (unpaired) electrons. The van der Waals surface area contributed by atoms with Crippen LogP contribution in [-0.2, 0) is 6.42 Å². The zero-order chi connectivity index (χ0) is 13.8. The minimum Gasteiger partial charge on any atom is -0.505 e. The standard InChI is InChI=1S/C15H16FNO2/c16-12-8-4-7-11(15(12)19)14(17)13(18)9-10-5-2-1-3-6-10/h1-8,13-14,18-19H,9,17H2/t13-,14+/m1/s1. The number of rotatable bonds is 4. The number of halogens is 1. The highest BCUT2D eigenvalue weighted by molar-refractivity contribution is 5.36. The minimum atomic E-state index is -0.893. The summed E-state index contributed by atoms with van der Waals surface area (Å²) in [6.07, 6.45) is -0.548. The molecule has 2 atom stereocenters. The third kappa shape index (κ3) is 3.10. The average Bonchev–Trinajstić information content (AvgIpc) is 2.42. The predicted octanol–water partition coefficient (Wildman–Crippen LogP) is 2.13. The number of nitrogens with two attached hydrogens (primary N) is 1. The topological polar surface area (TPSA) is 66.5 Å². The van der Waals surface area contributed by atoms with Crippen LogP contribution in [0.15, 0.2) is 48.5 Å². The summed E-state index contributed by atoms with van der Waals surface area (Å²) in [6.45, 7) is 0. The molecular formula is C15H16FNO2. The van der Waals surface area contributed by atoms with E-state index in [9.17, 15) is 14.6 Å². The molecule has 0 saturated carbocycles. The fraction of sp³-hybridized carbons (Fsp3) is 0.200. The van der Waals surface area contributed by atoms with Gasteiger partial charge in [0, 0.05) is 12.0 Å². The molecule has 3 nitrogen and oxygen atoms in total. The monoisotopic (exact) mass is 261 g/mol. The molecule has 0 bridgehead atoms. The molecule has 0 aliphatic carbocycles. The van der Waals surface area contributed by atoms with E-state index in [1.807, 2.05) is 30.3 Å². The molecule has 4 heteroatoms. The number of para-hydroxylation sites is 1. The number of benzene rings is 2. The zero-order valence-electron chi connectivity index (χ0n) is 10.3. The summed E-state index contributed by atoms with van der Waals surface area (Å²) in [5.74, 6) is -1.23. The number of aromatic hydroxyl groups is 1. The van der Waals surface area contributed by atoms with E-state index in [1.165, 1.54) is 12.1 Å². The van der Waals surface area contributed by atoms with Crippen molar-refractivity contribution in [2.24, 2.45) is 5.73 Å². The van der Waals surface area contributed by atoms with E-state index < -0.39 is 23.7 Å². The third-order valence-corrected chi connectivity index (χ3v) is 3.08. The molecular weight excluding hydrogens is 245 g/mol. The maximum absolute atomic E-state index is 13.2. The van der Waals surface area contributed by atoms with Gasteiger partial charge in [-0.25, -0.2) is 4.39 Å². The van der Waals surface area contributed by atoms with Crippen molar-refractivity contribution in [1.29, 1.82) is 0 Å². The van der Waals surface area contributed by atoms with Crippen molar-refractivity contribution in [1.82, 2.24) is 0 Å². The van der Waals surface area contributed by atoms with E-state index >= 15 is 0 Å². The van der Waals surface area contributed by atoms with Gasteiger partial charge in [0.1, 0.15) is 0 Å². The number of hydrogen-bond donors (Lipinski definition) is 3. The van der Waals surface area contributed by atoms with Gasteiger partial charge in [-0.15, -0.1) is 0 Å². The lowest BCUT2D eigenvalue weighted by Gasteiger charge is -2.20. The molecule has 0 amide bonds. The fourth-order valence-electron chi connectivity index (χ4n) is 1.99. The van der Waals surface area contributed by atoms with Gasteiger partial charge >= 0.3 is 0 Å². The molecule has 0 fully saturated rings. The minimum absolute atomic E-state index is 0.212. The van der Waals surface area contributed by atoms with Gasteiger partial charge < -0.3 is 15.9 Å². The SMILES string of the molecule is N[C@@H](c1cccc(F)c1O)[C@H](O)Cc1ccccc1. The summed E-state index contributed by atoms with van der Waals surface area (Å²) in [4.78, 5) is 0. The molecule has 2 rings (SSSR count). The van der Waals surface area contributed by atoms with Crippen molar-refractivity contribution in [3.05, 3.63) is 65.5 Å².